The van der Waals surface area contributed by atoms with E-state index in [4.69, 9.17) is 16.0 Å². The molecule has 4 rings (SSSR count). The van der Waals surface area contributed by atoms with Crippen LogP contribution in [0.3, 0.4) is 0 Å². The van der Waals surface area contributed by atoms with Crippen LogP contribution in [-0.4, -0.2) is 52.8 Å². The van der Waals surface area contributed by atoms with Crippen molar-refractivity contribution in [2.75, 3.05) is 26.2 Å². The van der Waals surface area contributed by atoms with Crippen LogP contribution in [0.5, 0.6) is 0 Å². The number of carbonyl (C=O) groups is 2. The topological polar surface area (TPSA) is 66.7 Å². The number of likely N-dealkylation sites (tertiary alicyclic amines) is 2. The van der Waals surface area contributed by atoms with Gasteiger partial charge in [0.1, 0.15) is 5.76 Å². The molecule has 0 bridgehead atoms. The van der Waals surface area contributed by atoms with Gasteiger partial charge in [-0.15, -0.1) is 0 Å². The number of benzene rings is 1. The van der Waals surface area contributed by atoms with E-state index >= 15 is 0 Å². The molecule has 1 aromatic heterocycles. The minimum absolute atomic E-state index is 0.00515. The van der Waals surface area contributed by atoms with Gasteiger partial charge in [0.25, 0.3) is 11.8 Å². The number of aromatic nitrogens is 1. The smallest absolute Gasteiger partial charge is 0.276 e. The SMILES string of the molecule is Cc1oc(C2CCN(C(=O)c3cccc(Cl)c3)CC2)nc1C(=O)N1CCCC1. The number of amides is 2. The van der Waals surface area contributed by atoms with Crippen LogP contribution in [0, 0.1) is 6.92 Å². The molecule has 6 nitrogen and oxygen atoms in total. The van der Waals surface area contributed by atoms with Crippen LogP contribution in [0.1, 0.15) is 64.1 Å². The Hall–Kier alpha value is -2.34. The predicted molar refractivity (Wildman–Crippen MR) is 106 cm³/mol. The number of rotatable bonds is 3. The number of hydrogen-bond donors (Lipinski definition) is 0. The molecule has 0 radical (unpaired) electrons. The Balaban J connectivity index is 1.40. The first-order valence-electron chi connectivity index (χ1n) is 9.84. The molecule has 2 aliphatic rings. The highest BCUT2D eigenvalue weighted by Gasteiger charge is 2.30. The maximum atomic E-state index is 12.7. The summed E-state index contributed by atoms with van der Waals surface area (Å²) in [7, 11) is 0. The van der Waals surface area contributed by atoms with E-state index in [2.05, 4.69) is 4.98 Å². The van der Waals surface area contributed by atoms with Crippen molar-refractivity contribution >= 4 is 23.4 Å². The fourth-order valence-corrected chi connectivity index (χ4v) is 4.18. The normalized spacial score (nSPS) is 17.9. The van der Waals surface area contributed by atoms with Crippen molar-refractivity contribution in [3.63, 3.8) is 0 Å². The van der Waals surface area contributed by atoms with Crippen LogP contribution in [0.15, 0.2) is 28.7 Å². The summed E-state index contributed by atoms with van der Waals surface area (Å²) < 4.78 is 5.85. The second kappa shape index (κ2) is 7.95. The van der Waals surface area contributed by atoms with Gasteiger partial charge in [-0.2, -0.15) is 0 Å². The van der Waals surface area contributed by atoms with Gasteiger partial charge >= 0.3 is 0 Å². The van der Waals surface area contributed by atoms with Gasteiger partial charge in [0.2, 0.25) is 0 Å². The molecule has 2 aromatic rings. The third-order valence-electron chi connectivity index (χ3n) is 5.61. The maximum absolute atomic E-state index is 12.7. The molecule has 0 unspecified atom stereocenters. The maximum Gasteiger partial charge on any atom is 0.276 e. The summed E-state index contributed by atoms with van der Waals surface area (Å²) in [5, 5.41) is 0.561. The first-order chi connectivity index (χ1) is 13.5. The van der Waals surface area contributed by atoms with Crippen LogP contribution in [0.2, 0.25) is 5.02 Å². The minimum Gasteiger partial charge on any atom is -0.445 e. The van der Waals surface area contributed by atoms with Gasteiger partial charge in [-0.25, -0.2) is 4.98 Å². The molecule has 1 aromatic carbocycles. The average Bonchev–Trinajstić information content (AvgIpc) is 3.37. The first-order valence-corrected chi connectivity index (χ1v) is 10.2. The molecule has 0 aliphatic carbocycles. The standard InChI is InChI=1S/C21H24ClN3O3/c1-14-18(21(27)24-9-2-3-10-24)23-19(28-14)15-7-11-25(12-8-15)20(26)16-5-4-6-17(22)13-16/h4-6,13,15H,2-3,7-12H2,1H3. The minimum atomic E-state index is -0.0291. The van der Waals surface area contributed by atoms with Gasteiger partial charge in [-0.05, 0) is 50.8 Å². The molecule has 0 atom stereocenters. The van der Waals surface area contributed by atoms with Crippen molar-refractivity contribution in [3.05, 3.63) is 52.2 Å². The lowest BCUT2D eigenvalue weighted by Gasteiger charge is -2.30. The Morgan fingerprint density at radius 1 is 1.07 bits per heavy atom. The summed E-state index contributed by atoms with van der Waals surface area (Å²) in [5.74, 6) is 1.30. The molecule has 0 N–H and O–H groups in total. The van der Waals surface area contributed by atoms with Crippen molar-refractivity contribution in [1.82, 2.24) is 14.8 Å². The van der Waals surface area contributed by atoms with E-state index in [0.29, 0.717) is 41.0 Å². The molecular formula is C21H24ClN3O3. The highest BCUT2D eigenvalue weighted by Crippen LogP contribution is 2.30. The van der Waals surface area contributed by atoms with E-state index in [1.165, 1.54) is 0 Å². The highest BCUT2D eigenvalue weighted by atomic mass is 35.5. The van der Waals surface area contributed by atoms with Crippen molar-refractivity contribution in [1.29, 1.82) is 0 Å². The van der Waals surface area contributed by atoms with E-state index in [0.717, 1.165) is 38.8 Å². The summed E-state index contributed by atoms with van der Waals surface area (Å²) in [5.41, 5.74) is 1.05. The molecule has 0 saturated carbocycles. The lowest BCUT2D eigenvalue weighted by Crippen LogP contribution is -2.38. The van der Waals surface area contributed by atoms with E-state index in [1.54, 1.807) is 31.2 Å². The Kier molecular flexibility index (Phi) is 5.40. The fourth-order valence-electron chi connectivity index (χ4n) is 3.99. The molecule has 0 spiro atoms. The molecule has 2 amide bonds. The average molecular weight is 402 g/mol. The molecule has 2 fully saturated rings. The van der Waals surface area contributed by atoms with Crippen molar-refractivity contribution in [2.24, 2.45) is 0 Å². The third-order valence-corrected chi connectivity index (χ3v) is 5.85. The summed E-state index contributed by atoms with van der Waals surface area (Å²) in [4.78, 5) is 33.5. The van der Waals surface area contributed by atoms with Crippen LogP contribution in [0.25, 0.3) is 0 Å². The van der Waals surface area contributed by atoms with Crippen molar-refractivity contribution in [3.8, 4) is 0 Å². The van der Waals surface area contributed by atoms with Crippen LogP contribution < -0.4 is 0 Å². The number of oxazole rings is 1. The molecule has 28 heavy (non-hydrogen) atoms. The number of carbonyl (C=O) groups excluding carboxylic acids is 2. The predicted octanol–water partition coefficient (Wildman–Crippen LogP) is 3.89. The quantitative estimate of drug-likeness (QED) is 0.782. The second-order valence-corrected chi connectivity index (χ2v) is 7.97. The molecule has 3 heterocycles. The summed E-state index contributed by atoms with van der Waals surface area (Å²) in [6.45, 7) is 4.66. The van der Waals surface area contributed by atoms with Gasteiger partial charge in [-0.3, -0.25) is 9.59 Å². The van der Waals surface area contributed by atoms with Crippen LogP contribution >= 0.6 is 11.6 Å². The number of nitrogens with zero attached hydrogens (tertiary/aromatic N) is 3. The fraction of sp³-hybridized carbons (Fsp3) is 0.476. The highest BCUT2D eigenvalue weighted by molar-refractivity contribution is 6.30. The zero-order valence-electron chi connectivity index (χ0n) is 16.0. The van der Waals surface area contributed by atoms with E-state index < -0.39 is 0 Å². The number of piperidine rings is 1. The van der Waals surface area contributed by atoms with Gasteiger partial charge in [0, 0.05) is 42.7 Å². The molecule has 2 aliphatic heterocycles. The zero-order valence-corrected chi connectivity index (χ0v) is 16.7. The number of aryl methyl sites for hydroxylation is 1. The Labute approximate surface area is 169 Å². The largest absolute Gasteiger partial charge is 0.445 e. The van der Waals surface area contributed by atoms with Crippen molar-refractivity contribution < 1.29 is 14.0 Å². The number of hydrogen-bond acceptors (Lipinski definition) is 4. The Bertz CT molecular complexity index is 881. The van der Waals surface area contributed by atoms with Crippen LogP contribution in [0.4, 0.5) is 0 Å². The summed E-state index contributed by atoms with van der Waals surface area (Å²) >= 11 is 6.00. The van der Waals surface area contributed by atoms with Gasteiger partial charge in [0.15, 0.2) is 11.6 Å². The summed E-state index contributed by atoms with van der Waals surface area (Å²) in [6, 6.07) is 7.03. The Morgan fingerprint density at radius 2 is 1.75 bits per heavy atom. The second-order valence-electron chi connectivity index (χ2n) is 7.53. The third kappa shape index (κ3) is 3.78. The zero-order chi connectivity index (χ0) is 19.7. The van der Waals surface area contributed by atoms with Crippen LogP contribution in [-0.2, 0) is 0 Å². The van der Waals surface area contributed by atoms with E-state index in [9.17, 15) is 9.59 Å². The van der Waals surface area contributed by atoms with Crippen molar-refractivity contribution in [2.45, 2.75) is 38.5 Å². The monoisotopic (exact) mass is 401 g/mol. The lowest BCUT2D eigenvalue weighted by molar-refractivity contribution is 0.0705. The molecular weight excluding hydrogens is 378 g/mol. The van der Waals surface area contributed by atoms with Gasteiger partial charge in [-0.1, -0.05) is 17.7 Å². The van der Waals surface area contributed by atoms with Gasteiger partial charge in [0.05, 0.1) is 0 Å². The molecule has 7 heteroatoms. The van der Waals surface area contributed by atoms with E-state index in [-0.39, 0.29) is 17.7 Å². The van der Waals surface area contributed by atoms with Gasteiger partial charge < -0.3 is 14.2 Å². The van der Waals surface area contributed by atoms with E-state index in [1.807, 2.05) is 9.80 Å². The number of halogens is 1. The summed E-state index contributed by atoms with van der Waals surface area (Å²) in [6.07, 6.45) is 3.64. The first kappa shape index (κ1) is 19.0. The molecule has 2 saturated heterocycles. The lowest BCUT2D eigenvalue weighted by atomic mass is 9.96. The molecule has 148 valence electrons. The Morgan fingerprint density at radius 3 is 2.43 bits per heavy atom.